The zero-order valence-corrected chi connectivity index (χ0v) is 15.3. The van der Waals surface area contributed by atoms with Crippen LogP contribution in [0, 0.1) is 12.8 Å². The molecule has 25 heavy (non-hydrogen) atoms. The number of rotatable bonds is 5. The van der Waals surface area contributed by atoms with Crippen LogP contribution < -0.4 is 10.9 Å². The maximum absolute atomic E-state index is 12.6. The predicted octanol–water partition coefficient (Wildman–Crippen LogP) is 1.59. The molecule has 6 nitrogen and oxygen atoms in total. The Labute approximate surface area is 151 Å². The van der Waals surface area contributed by atoms with E-state index in [0.717, 1.165) is 28.4 Å². The number of aryl methyl sites for hydroxylation is 1. The molecule has 1 atom stereocenters. The van der Waals surface area contributed by atoms with Gasteiger partial charge in [-0.25, -0.2) is 4.98 Å². The second kappa shape index (κ2) is 7.82. The number of fused-ring (bicyclic) bond motifs is 1. The molecule has 1 aliphatic heterocycles. The molecule has 0 radical (unpaired) electrons. The summed E-state index contributed by atoms with van der Waals surface area (Å²) >= 11 is 1.49. The molecule has 1 aliphatic rings. The molecule has 7 heteroatoms. The SMILES string of the molecule is CCc1c(C)nc2n(c1=O)CC(C(=O)NCCc1ccncc1)CS2. The predicted molar refractivity (Wildman–Crippen MR) is 97.8 cm³/mol. The van der Waals surface area contributed by atoms with Crippen LogP contribution in [0.3, 0.4) is 0 Å². The van der Waals surface area contributed by atoms with Crippen LogP contribution in [0.25, 0.3) is 0 Å². The average Bonchev–Trinajstić information content (AvgIpc) is 2.62. The molecule has 0 bridgehead atoms. The summed E-state index contributed by atoms with van der Waals surface area (Å²) in [5.41, 5.74) is 2.67. The number of thioether (sulfide) groups is 1. The quantitative estimate of drug-likeness (QED) is 0.822. The molecule has 2 aromatic heterocycles. The monoisotopic (exact) mass is 358 g/mol. The van der Waals surface area contributed by atoms with Crippen LogP contribution >= 0.6 is 11.8 Å². The van der Waals surface area contributed by atoms with Crippen molar-refractivity contribution < 1.29 is 4.79 Å². The van der Waals surface area contributed by atoms with Crippen LogP contribution in [0.5, 0.6) is 0 Å². The first-order chi connectivity index (χ1) is 12.1. The Morgan fingerprint density at radius 2 is 2.16 bits per heavy atom. The van der Waals surface area contributed by atoms with Gasteiger partial charge in [-0.15, -0.1) is 0 Å². The topological polar surface area (TPSA) is 76.9 Å². The molecule has 1 N–H and O–H groups in total. The number of nitrogens with one attached hydrogen (secondary N) is 1. The van der Waals surface area contributed by atoms with Crippen LogP contribution in [0.2, 0.25) is 0 Å². The summed E-state index contributed by atoms with van der Waals surface area (Å²) < 4.78 is 1.66. The Morgan fingerprint density at radius 1 is 1.40 bits per heavy atom. The number of hydrogen-bond acceptors (Lipinski definition) is 5. The molecule has 0 aliphatic carbocycles. The van der Waals surface area contributed by atoms with E-state index in [1.165, 1.54) is 11.8 Å². The van der Waals surface area contributed by atoms with Gasteiger partial charge in [0, 0.05) is 42.5 Å². The van der Waals surface area contributed by atoms with Crippen molar-refractivity contribution in [2.75, 3.05) is 12.3 Å². The molecule has 0 saturated heterocycles. The van der Waals surface area contributed by atoms with Gasteiger partial charge < -0.3 is 5.32 Å². The van der Waals surface area contributed by atoms with Crippen molar-refractivity contribution in [3.05, 3.63) is 51.7 Å². The zero-order chi connectivity index (χ0) is 17.8. The number of nitrogens with zero attached hydrogens (tertiary/aromatic N) is 3. The van der Waals surface area contributed by atoms with E-state index in [4.69, 9.17) is 0 Å². The maximum atomic E-state index is 12.6. The summed E-state index contributed by atoms with van der Waals surface area (Å²) in [6.45, 7) is 4.82. The van der Waals surface area contributed by atoms with Crippen molar-refractivity contribution >= 4 is 17.7 Å². The third-order valence-electron chi connectivity index (χ3n) is 4.44. The van der Waals surface area contributed by atoms with E-state index in [0.29, 0.717) is 25.3 Å². The number of carbonyl (C=O) groups is 1. The Balaban J connectivity index is 1.64. The molecule has 0 spiro atoms. The fraction of sp³-hybridized carbons (Fsp3) is 0.444. The minimum Gasteiger partial charge on any atom is -0.355 e. The lowest BCUT2D eigenvalue weighted by Crippen LogP contribution is -2.41. The molecule has 132 valence electrons. The van der Waals surface area contributed by atoms with Crippen LogP contribution in [-0.4, -0.2) is 32.7 Å². The highest BCUT2D eigenvalue weighted by Gasteiger charge is 2.27. The van der Waals surface area contributed by atoms with Crippen molar-refractivity contribution in [2.45, 2.75) is 38.4 Å². The Bertz CT molecular complexity index is 820. The number of carbonyl (C=O) groups excluding carboxylic acids is 1. The van der Waals surface area contributed by atoms with E-state index in [1.807, 2.05) is 26.0 Å². The molecule has 3 heterocycles. The van der Waals surface area contributed by atoms with Gasteiger partial charge in [0.1, 0.15) is 0 Å². The van der Waals surface area contributed by atoms with E-state index >= 15 is 0 Å². The third kappa shape index (κ3) is 3.92. The molecule has 3 rings (SSSR count). The average molecular weight is 358 g/mol. The van der Waals surface area contributed by atoms with Crippen molar-refractivity contribution in [1.29, 1.82) is 0 Å². The minimum absolute atomic E-state index is 0.00210. The van der Waals surface area contributed by atoms with Gasteiger partial charge in [-0.1, -0.05) is 18.7 Å². The highest BCUT2D eigenvalue weighted by atomic mass is 32.2. The summed E-state index contributed by atoms with van der Waals surface area (Å²) in [4.78, 5) is 33.6. The van der Waals surface area contributed by atoms with Gasteiger partial charge in [-0.2, -0.15) is 0 Å². The molecule has 0 fully saturated rings. The largest absolute Gasteiger partial charge is 0.355 e. The molecular formula is C18H22N4O2S. The molecule has 1 unspecified atom stereocenters. The van der Waals surface area contributed by atoms with Crippen molar-refractivity contribution in [2.24, 2.45) is 5.92 Å². The van der Waals surface area contributed by atoms with Gasteiger partial charge in [0.15, 0.2) is 5.16 Å². The van der Waals surface area contributed by atoms with Crippen molar-refractivity contribution in [1.82, 2.24) is 19.9 Å². The third-order valence-corrected chi connectivity index (χ3v) is 5.58. The smallest absolute Gasteiger partial charge is 0.257 e. The first-order valence-corrected chi connectivity index (χ1v) is 9.48. The number of amides is 1. The standard InChI is InChI=1S/C18H22N4O2S/c1-3-15-12(2)21-18-22(17(15)24)10-14(11-25-18)16(23)20-9-6-13-4-7-19-8-5-13/h4-5,7-8,14H,3,6,9-11H2,1-2H3,(H,20,23). The number of pyridine rings is 1. The summed E-state index contributed by atoms with van der Waals surface area (Å²) in [6.07, 6.45) is 4.92. The lowest BCUT2D eigenvalue weighted by molar-refractivity contribution is -0.124. The van der Waals surface area contributed by atoms with E-state index in [2.05, 4.69) is 15.3 Å². The van der Waals surface area contributed by atoms with Crippen LogP contribution in [0.1, 0.15) is 23.7 Å². The molecular weight excluding hydrogens is 336 g/mol. The lowest BCUT2D eigenvalue weighted by Gasteiger charge is -2.25. The summed E-state index contributed by atoms with van der Waals surface area (Å²) in [5, 5.41) is 3.71. The Morgan fingerprint density at radius 3 is 2.88 bits per heavy atom. The first-order valence-electron chi connectivity index (χ1n) is 8.50. The van der Waals surface area contributed by atoms with Crippen LogP contribution in [-0.2, 0) is 24.2 Å². The summed E-state index contributed by atoms with van der Waals surface area (Å²) in [6, 6.07) is 3.89. The van der Waals surface area contributed by atoms with E-state index in [1.54, 1.807) is 17.0 Å². The van der Waals surface area contributed by atoms with Gasteiger partial charge in [0.2, 0.25) is 5.91 Å². The van der Waals surface area contributed by atoms with Gasteiger partial charge in [-0.05, 0) is 37.5 Å². The van der Waals surface area contributed by atoms with E-state index < -0.39 is 0 Å². The normalized spacial score (nSPS) is 16.3. The highest BCUT2D eigenvalue weighted by molar-refractivity contribution is 7.99. The van der Waals surface area contributed by atoms with Crippen molar-refractivity contribution in [3.8, 4) is 0 Å². The second-order valence-corrected chi connectivity index (χ2v) is 7.12. The van der Waals surface area contributed by atoms with Gasteiger partial charge in [-0.3, -0.25) is 19.1 Å². The fourth-order valence-electron chi connectivity index (χ4n) is 2.98. The van der Waals surface area contributed by atoms with E-state index in [9.17, 15) is 9.59 Å². The summed E-state index contributed by atoms with van der Waals surface area (Å²) in [7, 11) is 0. The molecule has 0 aromatic carbocycles. The molecule has 0 saturated carbocycles. The zero-order valence-electron chi connectivity index (χ0n) is 14.5. The Hall–Kier alpha value is -2.15. The maximum Gasteiger partial charge on any atom is 0.257 e. The number of hydrogen-bond donors (Lipinski definition) is 1. The molecule has 1 amide bonds. The van der Waals surface area contributed by atoms with E-state index in [-0.39, 0.29) is 17.4 Å². The van der Waals surface area contributed by atoms with Gasteiger partial charge in [0.25, 0.3) is 5.56 Å². The second-order valence-electron chi connectivity index (χ2n) is 6.13. The van der Waals surface area contributed by atoms with Crippen LogP contribution in [0.4, 0.5) is 0 Å². The minimum atomic E-state index is -0.207. The Kier molecular flexibility index (Phi) is 5.53. The van der Waals surface area contributed by atoms with Gasteiger partial charge >= 0.3 is 0 Å². The van der Waals surface area contributed by atoms with Crippen molar-refractivity contribution in [3.63, 3.8) is 0 Å². The van der Waals surface area contributed by atoms with Gasteiger partial charge in [0.05, 0.1) is 5.92 Å². The van der Waals surface area contributed by atoms with Crippen LogP contribution in [0.15, 0.2) is 34.5 Å². The number of aromatic nitrogens is 3. The summed E-state index contributed by atoms with van der Waals surface area (Å²) in [5.74, 6) is 0.443. The molecule has 2 aromatic rings. The first kappa shape index (κ1) is 17.7. The fourth-order valence-corrected chi connectivity index (χ4v) is 4.11. The highest BCUT2D eigenvalue weighted by Crippen LogP contribution is 2.25. The lowest BCUT2D eigenvalue weighted by atomic mass is 10.1.